The zero-order valence-electron chi connectivity index (χ0n) is 16.5. The molecule has 0 unspecified atom stereocenters. The van der Waals surface area contributed by atoms with Gasteiger partial charge in [-0.1, -0.05) is 11.6 Å². The van der Waals surface area contributed by atoms with Crippen LogP contribution in [0.5, 0.6) is 11.6 Å². The second-order valence-electron chi connectivity index (χ2n) is 7.96. The molecule has 5 rings (SSSR count). The Bertz CT molecular complexity index is 1080. The standard InChI is InChI=1S/C19H23ClN8O2/c1-10-15(21)19(9-29-10)3-6-28(7-4-19)12-8-24-14-17(25-12)26-27-18(14)30-11-2-5-23-16(22)13(11)20/h2,5,8,10,15H,3-4,6-7,9,21H2,1H3,(H2,22,23)(H,25,26,27)/t10-,15+/m0/s1. The minimum Gasteiger partial charge on any atom is -0.434 e. The first-order chi connectivity index (χ1) is 14.5. The first kappa shape index (κ1) is 19.3. The van der Waals surface area contributed by atoms with Crippen LogP contribution in [0.15, 0.2) is 18.5 Å². The number of anilines is 2. The number of nitrogen functional groups attached to an aromatic ring is 1. The molecule has 3 aromatic rings. The summed E-state index contributed by atoms with van der Waals surface area (Å²) in [5.74, 6) is 1.61. The quantitative estimate of drug-likeness (QED) is 0.569. The summed E-state index contributed by atoms with van der Waals surface area (Å²) in [6.45, 7) is 4.49. The minimum atomic E-state index is 0.0636. The molecule has 30 heavy (non-hydrogen) atoms. The predicted octanol–water partition coefficient (Wildman–Crippen LogP) is 2.11. The number of nitrogens with one attached hydrogen (secondary N) is 1. The number of nitrogens with zero attached hydrogens (tertiary/aromatic N) is 5. The molecule has 3 aromatic heterocycles. The largest absolute Gasteiger partial charge is 0.434 e. The maximum absolute atomic E-state index is 6.41. The lowest BCUT2D eigenvalue weighted by Gasteiger charge is -2.41. The van der Waals surface area contributed by atoms with E-state index in [1.807, 2.05) is 0 Å². The van der Waals surface area contributed by atoms with Crippen molar-refractivity contribution in [2.24, 2.45) is 11.1 Å². The van der Waals surface area contributed by atoms with Crippen molar-refractivity contribution in [1.82, 2.24) is 25.1 Å². The Balaban J connectivity index is 1.34. The van der Waals surface area contributed by atoms with Crippen molar-refractivity contribution < 1.29 is 9.47 Å². The molecule has 5 heterocycles. The number of piperidine rings is 1. The van der Waals surface area contributed by atoms with Crippen LogP contribution >= 0.6 is 11.6 Å². The molecule has 5 N–H and O–H groups in total. The number of halogens is 1. The van der Waals surface area contributed by atoms with E-state index in [0.29, 0.717) is 16.9 Å². The van der Waals surface area contributed by atoms with Gasteiger partial charge in [-0.2, -0.15) is 0 Å². The molecule has 0 saturated carbocycles. The van der Waals surface area contributed by atoms with Crippen LogP contribution in [0.25, 0.3) is 11.2 Å². The maximum Gasteiger partial charge on any atom is 0.266 e. The van der Waals surface area contributed by atoms with E-state index >= 15 is 0 Å². The van der Waals surface area contributed by atoms with Crippen molar-refractivity contribution in [3.63, 3.8) is 0 Å². The van der Waals surface area contributed by atoms with Crippen molar-refractivity contribution in [3.8, 4) is 11.6 Å². The molecule has 0 radical (unpaired) electrons. The Kier molecular flexibility index (Phi) is 4.64. The van der Waals surface area contributed by atoms with E-state index in [4.69, 9.17) is 32.5 Å². The topological polar surface area (TPSA) is 141 Å². The van der Waals surface area contributed by atoms with Gasteiger partial charge < -0.3 is 25.8 Å². The summed E-state index contributed by atoms with van der Waals surface area (Å²) in [6, 6.07) is 1.69. The number of nitrogens with two attached hydrogens (primary N) is 2. The maximum atomic E-state index is 6.41. The van der Waals surface area contributed by atoms with Crippen LogP contribution in [-0.2, 0) is 4.74 Å². The average molecular weight is 431 g/mol. The summed E-state index contributed by atoms with van der Waals surface area (Å²) >= 11 is 6.15. The average Bonchev–Trinajstić information content (AvgIpc) is 3.28. The SMILES string of the molecule is C[C@@H]1OCC2(CCN(c3cnc4c(Oc5ccnc(N)c5Cl)n[nH]c4n3)CC2)[C@@H]1N. The van der Waals surface area contributed by atoms with Crippen molar-refractivity contribution in [2.75, 3.05) is 30.3 Å². The molecule has 0 bridgehead atoms. The minimum absolute atomic E-state index is 0.0636. The summed E-state index contributed by atoms with van der Waals surface area (Å²) in [5, 5.41) is 7.28. The van der Waals surface area contributed by atoms with Gasteiger partial charge in [0, 0.05) is 36.8 Å². The van der Waals surface area contributed by atoms with E-state index < -0.39 is 0 Å². The van der Waals surface area contributed by atoms with Crippen LogP contribution in [0.2, 0.25) is 5.02 Å². The van der Waals surface area contributed by atoms with Crippen LogP contribution in [0, 0.1) is 5.41 Å². The van der Waals surface area contributed by atoms with Gasteiger partial charge in [0.1, 0.15) is 16.7 Å². The number of fused-ring (bicyclic) bond motifs is 1. The van der Waals surface area contributed by atoms with E-state index in [2.05, 4.69) is 37.0 Å². The molecule has 2 saturated heterocycles. The van der Waals surface area contributed by atoms with Crippen molar-refractivity contribution >= 4 is 34.4 Å². The van der Waals surface area contributed by atoms with Crippen molar-refractivity contribution in [3.05, 3.63) is 23.5 Å². The predicted molar refractivity (Wildman–Crippen MR) is 113 cm³/mol. The molecule has 0 aromatic carbocycles. The molecular weight excluding hydrogens is 408 g/mol. The van der Waals surface area contributed by atoms with Gasteiger partial charge in [0.15, 0.2) is 16.9 Å². The van der Waals surface area contributed by atoms with Crippen molar-refractivity contribution in [1.29, 1.82) is 0 Å². The Morgan fingerprint density at radius 3 is 2.87 bits per heavy atom. The third-order valence-electron chi connectivity index (χ3n) is 6.24. The number of aromatic nitrogens is 5. The normalized spacial score (nSPS) is 23.4. The number of hydrogen-bond donors (Lipinski definition) is 3. The number of hydrogen-bond acceptors (Lipinski definition) is 9. The third kappa shape index (κ3) is 3.11. The van der Waals surface area contributed by atoms with Gasteiger partial charge in [-0.25, -0.2) is 15.0 Å². The van der Waals surface area contributed by atoms with Gasteiger partial charge in [-0.15, -0.1) is 5.10 Å². The Morgan fingerprint density at radius 1 is 1.33 bits per heavy atom. The first-order valence-electron chi connectivity index (χ1n) is 9.88. The van der Waals surface area contributed by atoms with E-state index in [-0.39, 0.29) is 34.3 Å². The van der Waals surface area contributed by atoms with Crippen LogP contribution in [0.4, 0.5) is 11.6 Å². The number of H-pyrrole nitrogens is 1. The first-order valence-corrected chi connectivity index (χ1v) is 10.3. The molecule has 0 amide bonds. The fraction of sp³-hybridized carbons (Fsp3) is 0.474. The lowest BCUT2D eigenvalue weighted by molar-refractivity contribution is 0.0974. The second kappa shape index (κ2) is 7.22. The number of ether oxygens (including phenoxy) is 2. The lowest BCUT2D eigenvalue weighted by atomic mass is 9.73. The Morgan fingerprint density at radius 2 is 2.13 bits per heavy atom. The highest BCUT2D eigenvalue weighted by molar-refractivity contribution is 6.34. The van der Waals surface area contributed by atoms with Gasteiger partial charge in [-0.05, 0) is 19.8 Å². The number of rotatable bonds is 3. The zero-order chi connectivity index (χ0) is 20.9. The Labute approximate surface area is 177 Å². The van der Waals surface area contributed by atoms with Crippen LogP contribution in [0.3, 0.4) is 0 Å². The van der Waals surface area contributed by atoms with E-state index in [1.165, 1.54) is 6.20 Å². The highest BCUT2D eigenvalue weighted by Crippen LogP contribution is 2.42. The van der Waals surface area contributed by atoms with Crippen molar-refractivity contribution in [2.45, 2.75) is 31.9 Å². The van der Waals surface area contributed by atoms with E-state index in [9.17, 15) is 0 Å². The van der Waals surface area contributed by atoms with Crippen LogP contribution in [0.1, 0.15) is 19.8 Å². The molecule has 0 aliphatic carbocycles. The van der Waals surface area contributed by atoms with Gasteiger partial charge in [-0.3, -0.25) is 5.10 Å². The summed E-state index contributed by atoms with van der Waals surface area (Å²) < 4.78 is 11.6. The summed E-state index contributed by atoms with van der Waals surface area (Å²) in [5.41, 5.74) is 13.2. The number of aromatic amines is 1. The highest BCUT2D eigenvalue weighted by Gasteiger charge is 2.47. The van der Waals surface area contributed by atoms with Crippen LogP contribution in [-0.4, -0.2) is 57.0 Å². The lowest BCUT2D eigenvalue weighted by Crippen LogP contribution is -2.50. The van der Waals surface area contributed by atoms with Crippen LogP contribution < -0.4 is 21.1 Å². The van der Waals surface area contributed by atoms with E-state index in [1.54, 1.807) is 12.3 Å². The zero-order valence-corrected chi connectivity index (χ0v) is 17.3. The second-order valence-corrected chi connectivity index (χ2v) is 8.33. The molecule has 2 aliphatic rings. The monoisotopic (exact) mass is 430 g/mol. The molecule has 2 fully saturated rings. The number of pyridine rings is 1. The van der Waals surface area contributed by atoms with Gasteiger partial charge in [0.05, 0.1) is 18.9 Å². The molecule has 2 atom stereocenters. The third-order valence-corrected chi connectivity index (χ3v) is 6.62. The molecular formula is C19H23ClN8O2. The molecule has 1 spiro atoms. The summed E-state index contributed by atoms with van der Waals surface area (Å²) in [7, 11) is 0. The van der Waals surface area contributed by atoms with Gasteiger partial charge in [0.25, 0.3) is 5.88 Å². The molecule has 11 heteroatoms. The fourth-order valence-electron chi connectivity index (χ4n) is 4.27. The Hall–Kier alpha value is -2.69. The highest BCUT2D eigenvalue weighted by atomic mass is 35.5. The van der Waals surface area contributed by atoms with Gasteiger partial charge in [0.2, 0.25) is 0 Å². The molecule has 158 valence electrons. The van der Waals surface area contributed by atoms with E-state index in [0.717, 1.165) is 38.4 Å². The smallest absolute Gasteiger partial charge is 0.266 e. The molecule has 10 nitrogen and oxygen atoms in total. The summed E-state index contributed by atoms with van der Waals surface area (Å²) in [6.07, 6.45) is 5.30. The fourth-order valence-corrected chi connectivity index (χ4v) is 4.42. The molecule has 2 aliphatic heterocycles. The summed E-state index contributed by atoms with van der Waals surface area (Å²) in [4.78, 5) is 15.3. The van der Waals surface area contributed by atoms with Gasteiger partial charge >= 0.3 is 0 Å².